The van der Waals surface area contributed by atoms with Crippen LogP contribution in [0, 0.1) is 0 Å². The van der Waals surface area contributed by atoms with Crippen LogP contribution >= 0.6 is 58.0 Å². The molecular formula is C15H9Cl5O. The Morgan fingerprint density at radius 2 is 1.29 bits per heavy atom. The monoisotopic (exact) mass is 380 g/mol. The molecule has 0 heterocycles. The molecule has 2 aromatic carbocycles. The van der Waals surface area contributed by atoms with Crippen LogP contribution in [0.2, 0.25) is 10.0 Å². The molecular weight excluding hydrogens is 373 g/mol. The molecule has 6 heteroatoms. The SMILES string of the molecule is O=C(c1ccc(Cl)cc1)C(Cl)(Cl)[C@H](Cl)c1ccc(Cl)cc1. The van der Waals surface area contributed by atoms with Crippen molar-refractivity contribution in [2.24, 2.45) is 0 Å². The van der Waals surface area contributed by atoms with Gasteiger partial charge >= 0.3 is 0 Å². The van der Waals surface area contributed by atoms with Gasteiger partial charge in [-0.05, 0) is 42.0 Å². The van der Waals surface area contributed by atoms with E-state index in [9.17, 15) is 4.79 Å². The number of benzene rings is 2. The predicted octanol–water partition coefficient (Wildman–Crippen LogP) is 6.33. The number of carbonyl (C=O) groups is 1. The average molecular weight is 383 g/mol. The van der Waals surface area contributed by atoms with Gasteiger partial charge in [0.25, 0.3) is 0 Å². The van der Waals surface area contributed by atoms with E-state index in [0.717, 1.165) is 0 Å². The Bertz CT molecular complexity index is 634. The molecule has 0 bridgehead atoms. The van der Waals surface area contributed by atoms with E-state index in [1.807, 2.05) is 0 Å². The highest BCUT2D eigenvalue weighted by molar-refractivity contribution is 6.63. The number of carbonyl (C=O) groups excluding carboxylic acids is 1. The lowest BCUT2D eigenvalue weighted by molar-refractivity contribution is 0.0970. The van der Waals surface area contributed by atoms with Crippen molar-refractivity contribution in [2.45, 2.75) is 9.71 Å². The smallest absolute Gasteiger partial charge is 0.200 e. The van der Waals surface area contributed by atoms with Crippen molar-refractivity contribution in [3.63, 3.8) is 0 Å². The molecule has 2 aromatic rings. The normalized spacial score (nSPS) is 13.0. The van der Waals surface area contributed by atoms with Crippen LogP contribution in [-0.4, -0.2) is 10.1 Å². The summed E-state index contributed by atoms with van der Waals surface area (Å²) >= 11 is 30.3. The van der Waals surface area contributed by atoms with E-state index in [2.05, 4.69) is 0 Å². The van der Waals surface area contributed by atoms with Gasteiger partial charge < -0.3 is 0 Å². The Hall–Kier alpha value is -0.440. The Morgan fingerprint density at radius 3 is 1.76 bits per heavy atom. The Morgan fingerprint density at radius 1 is 0.857 bits per heavy atom. The van der Waals surface area contributed by atoms with Gasteiger partial charge in [-0.15, -0.1) is 11.6 Å². The van der Waals surface area contributed by atoms with Crippen LogP contribution < -0.4 is 0 Å². The molecule has 1 atom stereocenters. The summed E-state index contributed by atoms with van der Waals surface area (Å²) in [6.07, 6.45) is 0. The maximum Gasteiger partial charge on any atom is 0.200 e. The van der Waals surface area contributed by atoms with Gasteiger partial charge in [-0.2, -0.15) is 0 Å². The number of alkyl halides is 3. The van der Waals surface area contributed by atoms with E-state index in [-0.39, 0.29) is 0 Å². The number of rotatable bonds is 4. The molecule has 0 aliphatic carbocycles. The quantitative estimate of drug-likeness (QED) is 0.446. The fraction of sp³-hybridized carbons (Fsp3) is 0.133. The third-order valence-corrected chi connectivity index (χ3v) is 4.98. The second kappa shape index (κ2) is 6.76. The van der Waals surface area contributed by atoms with Gasteiger partial charge in [-0.1, -0.05) is 58.5 Å². The van der Waals surface area contributed by atoms with Crippen LogP contribution in [0.4, 0.5) is 0 Å². The molecule has 0 aliphatic heterocycles. The largest absolute Gasteiger partial charge is 0.291 e. The van der Waals surface area contributed by atoms with Gasteiger partial charge in [0.05, 0.1) is 5.38 Å². The fourth-order valence-electron chi connectivity index (χ4n) is 1.75. The second-order valence-electron chi connectivity index (χ2n) is 4.37. The lowest BCUT2D eigenvalue weighted by atomic mass is 10.0. The van der Waals surface area contributed by atoms with Crippen molar-refractivity contribution in [2.75, 3.05) is 0 Å². The summed E-state index contributed by atoms with van der Waals surface area (Å²) in [5.74, 6) is -0.488. The Balaban J connectivity index is 2.29. The minimum atomic E-state index is -1.80. The average Bonchev–Trinajstić information content (AvgIpc) is 2.47. The lowest BCUT2D eigenvalue weighted by Crippen LogP contribution is -2.31. The van der Waals surface area contributed by atoms with E-state index < -0.39 is 15.5 Å². The second-order valence-corrected chi connectivity index (χ2v) is 7.07. The number of Topliss-reactive ketones (excluding diaryl/α,β-unsaturated/α-hetero) is 1. The molecule has 1 nitrogen and oxygen atoms in total. The summed E-state index contributed by atoms with van der Waals surface area (Å²) in [4.78, 5) is 12.4. The maximum atomic E-state index is 12.4. The first-order chi connectivity index (χ1) is 9.82. The van der Waals surface area contributed by atoms with Crippen LogP contribution in [0.1, 0.15) is 21.3 Å². The van der Waals surface area contributed by atoms with Crippen molar-refractivity contribution >= 4 is 63.8 Å². The maximum absolute atomic E-state index is 12.4. The van der Waals surface area contributed by atoms with Gasteiger partial charge in [-0.25, -0.2) is 0 Å². The summed E-state index contributed by atoms with van der Waals surface area (Å²) in [6.45, 7) is 0. The zero-order chi connectivity index (χ0) is 15.6. The molecule has 0 aromatic heterocycles. The van der Waals surface area contributed by atoms with E-state index in [1.54, 1.807) is 48.5 Å². The third kappa shape index (κ3) is 3.85. The number of ketones is 1. The van der Waals surface area contributed by atoms with E-state index >= 15 is 0 Å². The van der Waals surface area contributed by atoms with Crippen LogP contribution in [0.25, 0.3) is 0 Å². The van der Waals surface area contributed by atoms with Gasteiger partial charge in [0.15, 0.2) is 0 Å². The zero-order valence-electron chi connectivity index (χ0n) is 10.5. The van der Waals surface area contributed by atoms with Gasteiger partial charge in [0.1, 0.15) is 0 Å². The molecule has 0 aliphatic rings. The minimum absolute atomic E-state index is 0.337. The van der Waals surface area contributed by atoms with Crippen LogP contribution in [0.15, 0.2) is 48.5 Å². The van der Waals surface area contributed by atoms with Crippen molar-refractivity contribution in [3.8, 4) is 0 Å². The molecule has 0 saturated carbocycles. The third-order valence-electron chi connectivity index (χ3n) is 2.89. The van der Waals surface area contributed by atoms with E-state index in [1.165, 1.54) is 0 Å². The lowest BCUT2D eigenvalue weighted by Gasteiger charge is -2.24. The number of hydrogen-bond donors (Lipinski definition) is 0. The minimum Gasteiger partial charge on any atom is -0.291 e. The molecule has 0 N–H and O–H groups in total. The van der Waals surface area contributed by atoms with Crippen LogP contribution in [-0.2, 0) is 0 Å². The zero-order valence-corrected chi connectivity index (χ0v) is 14.3. The summed E-state index contributed by atoms with van der Waals surface area (Å²) in [5, 5.41) is 0.157. The van der Waals surface area contributed by atoms with E-state index in [4.69, 9.17) is 58.0 Å². The highest BCUT2D eigenvalue weighted by atomic mass is 35.5. The molecule has 0 spiro atoms. The summed E-state index contributed by atoms with van der Waals surface area (Å²) in [6, 6.07) is 12.9. The first kappa shape index (κ1) is 16.9. The summed E-state index contributed by atoms with van der Waals surface area (Å²) in [7, 11) is 0. The van der Waals surface area contributed by atoms with Gasteiger partial charge in [0, 0.05) is 15.6 Å². The van der Waals surface area contributed by atoms with Crippen LogP contribution in [0.5, 0.6) is 0 Å². The van der Waals surface area contributed by atoms with Crippen LogP contribution in [0.3, 0.4) is 0 Å². The van der Waals surface area contributed by atoms with Crippen molar-refractivity contribution < 1.29 is 4.79 Å². The van der Waals surface area contributed by atoms with Crippen molar-refractivity contribution in [3.05, 3.63) is 69.7 Å². The first-order valence-corrected chi connectivity index (χ1v) is 7.85. The molecule has 0 radical (unpaired) electrons. The Kier molecular flexibility index (Phi) is 5.45. The molecule has 0 saturated heterocycles. The highest BCUT2D eigenvalue weighted by Gasteiger charge is 2.42. The Labute approximate surface area is 147 Å². The molecule has 21 heavy (non-hydrogen) atoms. The molecule has 0 unspecified atom stereocenters. The molecule has 0 fully saturated rings. The first-order valence-electron chi connectivity index (χ1n) is 5.90. The molecule has 0 amide bonds. The van der Waals surface area contributed by atoms with Gasteiger partial charge in [-0.3, -0.25) is 4.79 Å². The summed E-state index contributed by atoms with van der Waals surface area (Å²) < 4.78 is -1.80. The topological polar surface area (TPSA) is 17.1 Å². The van der Waals surface area contributed by atoms with E-state index in [0.29, 0.717) is 21.2 Å². The van der Waals surface area contributed by atoms with Crippen molar-refractivity contribution in [1.29, 1.82) is 0 Å². The van der Waals surface area contributed by atoms with Crippen molar-refractivity contribution in [1.82, 2.24) is 0 Å². The number of halogens is 5. The summed E-state index contributed by atoms with van der Waals surface area (Å²) in [5.41, 5.74) is 0.942. The standard InChI is InChI=1S/C15H9Cl5O/c16-11-5-1-9(2-6-11)13(18)15(19,20)14(21)10-3-7-12(17)8-4-10/h1-8,13H/t13-/m1/s1. The van der Waals surface area contributed by atoms with Gasteiger partial charge in [0.2, 0.25) is 10.1 Å². The molecule has 2 rings (SSSR count). The number of hydrogen-bond acceptors (Lipinski definition) is 1. The fourth-order valence-corrected chi connectivity index (χ4v) is 2.72. The molecule has 110 valence electrons. The predicted molar refractivity (Wildman–Crippen MR) is 90.3 cm³/mol. The highest BCUT2D eigenvalue weighted by Crippen LogP contribution is 2.43.